The van der Waals surface area contributed by atoms with Crippen LogP contribution >= 0.6 is 0 Å². The van der Waals surface area contributed by atoms with Gasteiger partial charge in [0.2, 0.25) is 5.91 Å². The third-order valence-corrected chi connectivity index (χ3v) is 4.70. The molecule has 144 valence electrons. The molecule has 0 atom stereocenters. The van der Waals surface area contributed by atoms with Crippen molar-refractivity contribution in [1.29, 1.82) is 0 Å². The van der Waals surface area contributed by atoms with Gasteiger partial charge in [0.15, 0.2) is 0 Å². The SMILES string of the molecule is COc1ccc(OC)c(NC(=O)CCNc2ccc(N3CCCC3)cc2)c1. The topological polar surface area (TPSA) is 62.8 Å². The third-order valence-electron chi connectivity index (χ3n) is 4.70. The van der Waals surface area contributed by atoms with Crippen molar-refractivity contribution in [3.05, 3.63) is 42.5 Å². The van der Waals surface area contributed by atoms with Crippen molar-refractivity contribution in [1.82, 2.24) is 0 Å². The molecule has 0 aromatic heterocycles. The fraction of sp³-hybridized carbons (Fsp3) is 0.381. The summed E-state index contributed by atoms with van der Waals surface area (Å²) in [4.78, 5) is 14.6. The van der Waals surface area contributed by atoms with Gasteiger partial charge in [-0.15, -0.1) is 0 Å². The lowest BCUT2D eigenvalue weighted by Crippen LogP contribution is -2.18. The number of carbonyl (C=O) groups excluding carboxylic acids is 1. The fourth-order valence-corrected chi connectivity index (χ4v) is 3.21. The van der Waals surface area contributed by atoms with E-state index in [0.717, 1.165) is 18.8 Å². The quantitative estimate of drug-likeness (QED) is 0.742. The maximum absolute atomic E-state index is 12.2. The number of amides is 1. The Morgan fingerprint density at radius 1 is 1.04 bits per heavy atom. The van der Waals surface area contributed by atoms with Gasteiger partial charge in [-0.25, -0.2) is 0 Å². The Morgan fingerprint density at radius 2 is 1.78 bits per heavy atom. The summed E-state index contributed by atoms with van der Waals surface area (Å²) >= 11 is 0. The molecular weight excluding hydrogens is 342 g/mol. The standard InChI is InChI=1S/C21H27N3O3/c1-26-18-9-10-20(27-2)19(15-18)23-21(25)11-12-22-16-5-7-17(8-6-16)24-13-3-4-14-24/h5-10,15,22H,3-4,11-14H2,1-2H3,(H,23,25). The lowest BCUT2D eigenvalue weighted by Gasteiger charge is -2.18. The largest absolute Gasteiger partial charge is 0.497 e. The number of benzene rings is 2. The number of methoxy groups -OCH3 is 2. The Kier molecular flexibility index (Phi) is 6.41. The first-order chi connectivity index (χ1) is 13.2. The monoisotopic (exact) mass is 369 g/mol. The summed E-state index contributed by atoms with van der Waals surface area (Å²) in [5.41, 5.74) is 2.89. The minimum absolute atomic E-state index is 0.0808. The van der Waals surface area contributed by atoms with Gasteiger partial charge in [-0.05, 0) is 49.2 Å². The molecule has 0 bridgehead atoms. The molecular formula is C21H27N3O3. The number of nitrogens with zero attached hydrogens (tertiary/aromatic N) is 1. The van der Waals surface area contributed by atoms with Gasteiger partial charge in [0.25, 0.3) is 0 Å². The zero-order valence-corrected chi connectivity index (χ0v) is 16.0. The highest BCUT2D eigenvalue weighted by Gasteiger charge is 2.12. The van der Waals surface area contributed by atoms with Gasteiger partial charge in [-0.3, -0.25) is 4.79 Å². The number of nitrogens with one attached hydrogen (secondary N) is 2. The Bertz CT molecular complexity index is 756. The van der Waals surface area contributed by atoms with Gasteiger partial charge in [0.05, 0.1) is 19.9 Å². The molecule has 2 N–H and O–H groups in total. The van der Waals surface area contributed by atoms with E-state index in [4.69, 9.17) is 9.47 Å². The number of carbonyl (C=O) groups is 1. The van der Waals surface area contributed by atoms with Gasteiger partial charge < -0.3 is 25.0 Å². The van der Waals surface area contributed by atoms with Gasteiger partial charge in [0, 0.05) is 43.5 Å². The minimum atomic E-state index is -0.0808. The van der Waals surface area contributed by atoms with E-state index in [2.05, 4.69) is 39.8 Å². The van der Waals surface area contributed by atoms with Crippen LogP contribution < -0.4 is 25.0 Å². The normalized spacial score (nSPS) is 13.3. The highest BCUT2D eigenvalue weighted by Crippen LogP contribution is 2.29. The summed E-state index contributed by atoms with van der Waals surface area (Å²) in [6.45, 7) is 2.84. The smallest absolute Gasteiger partial charge is 0.226 e. The summed E-state index contributed by atoms with van der Waals surface area (Å²) in [6, 6.07) is 13.7. The Labute approximate surface area is 160 Å². The molecule has 2 aromatic carbocycles. The van der Waals surface area contributed by atoms with E-state index in [1.165, 1.54) is 18.5 Å². The van der Waals surface area contributed by atoms with Crippen molar-refractivity contribution in [2.75, 3.05) is 49.4 Å². The predicted molar refractivity (Wildman–Crippen MR) is 109 cm³/mol. The van der Waals surface area contributed by atoms with E-state index in [0.29, 0.717) is 30.2 Å². The number of ether oxygens (including phenoxy) is 2. The van der Waals surface area contributed by atoms with Crippen molar-refractivity contribution in [3.8, 4) is 11.5 Å². The highest BCUT2D eigenvalue weighted by molar-refractivity contribution is 5.92. The van der Waals surface area contributed by atoms with E-state index >= 15 is 0 Å². The number of hydrogen-bond donors (Lipinski definition) is 2. The van der Waals surface area contributed by atoms with E-state index in [1.54, 1.807) is 32.4 Å². The molecule has 0 spiro atoms. The van der Waals surface area contributed by atoms with Gasteiger partial charge in [0.1, 0.15) is 11.5 Å². The summed E-state index contributed by atoms with van der Waals surface area (Å²) in [6.07, 6.45) is 2.90. The van der Waals surface area contributed by atoms with Gasteiger partial charge in [-0.2, -0.15) is 0 Å². The van der Waals surface area contributed by atoms with Crippen LogP contribution in [0.3, 0.4) is 0 Å². The number of rotatable bonds is 8. The number of hydrogen-bond acceptors (Lipinski definition) is 5. The summed E-state index contributed by atoms with van der Waals surface area (Å²) < 4.78 is 10.5. The van der Waals surface area contributed by atoms with E-state index in [1.807, 2.05) is 0 Å². The van der Waals surface area contributed by atoms with Crippen LogP contribution in [0, 0.1) is 0 Å². The fourth-order valence-electron chi connectivity index (χ4n) is 3.21. The Hall–Kier alpha value is -2.89. The van der Waals surface area contributed by atoms with Gasteiger partial charge >= 0.3 is 0 Å². The second-order valence-corrected chi connectivity index (χ2v) is 6.53. The van der Waals surface area contributed by atoms with Crippen LogP contribution in [-0.4, -0.2) is 39.8 Å². The molecule has 1 saturated heterocycles. The first-order valence-corrected chi connectivity index (χ1v) is 9.30. The first kappa shape index (κ1) is 18.9. The van der Waals surface area contributed by atoms with Crippen molar-refractivity contribution in [2.24, 2.45) is 0 Å². The Balaban J connectivity index is 1.48. The summed E-state index contributed by atoms with van der Waals surface area (Å²) in [7, 11) is 3.16. The second-order valence-electron chi connectivity index (χ2n) is 6.53. The van der Waals surface area contributed by atoms with Crippen molar-refractivity contribution < 1.29 is 14.3 Å². The van der Waals surface area contributed by atoms with Gasteiger partial charge in [-0.1, -0.05) is 0 Å². The lowest BCUT2D eigenvalue weighted by atomic mass is 10.2. The third kappa shape index (κ3) is 5.06. The van der Waals surface area contributed by atoms with Crippen molar-refractivity contribution in [2.45, 2.75) is 19.3 Å². The van der Waals surface area contributed by atoms with Crippen LogP contribution in [0.25, 0.3) is 0 Å². The molecule has 0 radical (unpaired) electrons. The Morgan fingerprint density at radius 3 is 2.44 bits per heavy atom. The van der Waals surface area contributed by atoms with Crippen LogP contribution in [-0.2, 0) is 4.79 Å². The second kappa shape index (κ2) is 9.16. The average molecular weight is 369 g/mol. The maximum atomic E-state index is 12.2. The molecule has 0 saturated carbocycles. The summed E-state index contributed by atoms with van der Waals surface area (Å²) in [5, 5.41) is 6.17. The van der Waals surface area contributed by atoms with E-state index in [9.17, 15) is 4.79 Å². The molecule has 6 heteroatoms. The zero-order chi connectivity index (χ0) is 19.1. The molecule has 1 fully saturated rings. The van der Waals surface area contributed by atoms with Crippen LogP contribution in [0.1, 0.15) is 19.3 Å². The van der Waals surface area contributed by atoms with E-state index in [-0.39, 0.29) is 5.91 Å². The molecule has 0 unspecified atom stereocenters. The molecule has 3 rings (SSSR count). The van der Waals surface area contributed by atoms with Crippen LogP contribution in [0.5, 0.6) is 11.5 Å². The van der Waals surface area contributed by atoms with Crippen molar-refractivity contribution >= 4 is 23.0 Å². The molecule has 0 aliphatic carbocycles. The van der Waals surface area contributed by atoms with Crippen LogP contribution in [0.4, 0.5) is 17.1 Å². The molecule has 1 aliphatic rings. The predicted octanol–water partition coefficient (Wildman–Crippen LogP) is 3.74. The molecule has 1 amide bonds. The number of anilines is 3. The molecule has 2 aromatic rings. The maximum Gasteiger partial charge on any atom is 0.226 e. The van der Waals surface area contributed by atoms with Crippen LogP contribution in [0.15, 0.2) is 42.5 Å². The molecule has 27 heavy (non-hydrogen) atoms. The molecule has 1 heterocycles. The highest BCUT2D eigenvalue weighted by atomic mass is 16.5. The summed E-state index contributed by atoms with van der Waals surface area (Å²) in [5.74, 6) is 1.19. The lowest BCUT2D eigenvalue weighted by molar-refractivity contribution is -0.116. The molecule has 6 nitrogen and oxygen atoms in total. The average Bonchev–Trinajstić information content (AvgIpc) is 3.23. The molecule has 1 aliphatic heterocycles. The zero-order valence-electron chi connectivity index (χ0n) is 16.0. The van der Waals surface area contributed by atoms with Crippen LogP contribution in [0.2, 0.25) is 0 Å². The first-order valence-electron chi connectivity index (χ1n) is 9.30. The minimum Gasteiger partial charge on any atom is -0.497 e. The van der Waals surface area contributed by atoms with Crippen molar-refractivity contribution in [3.63, 3.8) is 0 Å². The van der Waals surface area contributed by atoms with E-state index < -0.39 is 0 Å².